The number of thiazole rings is 1. The lowest BCUT2D eigenvalue weighted by atomic mass is 9.67. The fourth-order valence-corrected chi connectivity index (χ4v) is 5.01. The monoisotopic (exact) mass is 390 g/mol. The summed E-state index contributed by atoms with van der Waals surface area (Å²) in [6.07, 6.45) is 8.41. The van der Waals surface area contributed by atoms with Gasteiger partial charge >= 0.3 is 0 Å². The van der Waals surface area contributed by atoms with Gasteiger partial charge in [0.1, 0.15) is 16.5 Å². The Morgan fingerprint density at radius 2 is 2.04 bits per heavy atom. The second kappa shape index (κ2) is 7.16. The first kappa shape index (κ1) is 17.6. The lowest BCUT2D eigenvalue weighted by Crippen LogP contribution is -2.57. The van der Waals surface area contributed by atoms with Crippen molar-refractivity contribution in [1.82, 2.24) is 20.3 Å². The van der Waals surface area contributed by atoms with E-state index in [1.54, 1.807) is 11.3 Å². The summed E-state index contributed by atoms with van der Waals surface area (Å²) in [6, 6.07) is 10.7. The van der Waals surface area contributed by atoms with Gasteiger partial charge in [0.05, 0.1) is 11.1 Å². The minimum absolute atomic E-state index is 0.198. The normalized spacial score (nSPS) is 26.8. The molecule has 0 saturated carbocycles. The number of nitrogens with one attached hydrogen (secondary N) is 1. The van der Waals surface area contributed by atoms with Crippen molar-refractivity contribution in [3.63, 3.8) is 0 Å². The first-order valence-corrected chi connectivity index (χ1v) is 10.5. The van der Waals surface area contributed by atoms with Crippen molar-refractivity contribution in [2.24, 2.45) is 10.7 Å². The van der Waals surface area contributed by atoms with Gasteiger partial charge in [-0.25, -0.2) is 15.0 Å². The zero-order valence-corrected chi connectivity index (χ0v) is 16.3. The summed E-state index contributed by atoms with van der Waals surface area (Å²) in [5, 5.41) is 6.58. The first-order chi connectivity index (χ1) is 13.8. The van der Waals surface area contributed by atoms with Gasteiger partial charge in [0.15, 0.2) is 0 Å². The number of hydrogen-bond donors (Lipinski definition) is 2. The summed E-state index contributed by atoms with van der Waals surface area (Å²) in [5.74, 6) is 0.826. The Hall–Kier alpha value is -2.48. The van der Waals surface area contributed by atoms with Crippen LogP contribution in [0.25, 0.3) is 10.7 Å². The number of nitrogens with two attached hydrogens (primary N) is 1. The van der Waals surface area contributed by atoms with E-state index >= 15 is 0 Å². The molecular formula is C21H22N6S. The molecule has 2 aliphatic rings. The Balaban J connectivity index is 1.68. The molecule has 3 atom stereocenters. The number of fused-ring (bicyclic) bond motifs is 1. The standard InChI is InChI=1S/C21H22N6S/c22-14-5-6-18(26-13-14)21(8-10-23-16-4-2-1-3-15(16)21)20-25-9-7-17(27-20)19-24-11-12-28-19/h1-4,7,9-12,14,18,26H,5-6,8,13,22H2. The summed E-state index contributed by atoms with van der Waals surface area (Å²) in [6.45, 7) is 0.803. The predicted octanol–water partition coefficient (Wildman–Crippen LogP) is 3.07. The van der Waals surface area contributed by atoms with Gasteiger partial charge in [0.2, 0.25) is 0 Å². The van der Waals surface area contributed by atoms with Gasteiger partial charge in [0.25, 0.3) is 0 Å². The van der Waals surface area contributed by atoms with E-state index in [9.17, 15) is 0 Å². The lowest BCUT2D eigenvalue weighted by molar-refractivity contribution is 0.264. The predicted molar refractivity (Wildman–Crippen MR) is 112 cm³/mol. The van der Waals surface area contributed by atoms with Crippen molar-refractivity contribution in [2.75, 3.05) is 6.54 Å². The van der Waals surface area contributed by atoms with Crippen LogP contribution >= 0.6 is 11.3 Å². The van der Waals surface area contributed by atoms with Crippen LogP contribution in [-0.2, 0) is 5.41 Å². The number of aliphatic imine (C=N–C) groups is 1. The second-order valence-electron chi connectivity index (χ2n) is 7.41. The highest BCUT2D eigenvalue weighted by Gasteiger charge is 2.47. The maximum Gasteiger partial charge on any atom is 0.141 e. The highest BCUT2D eigenvalue weighted by Crippen LogP contribution is 2.46. The second-order valence-corrected chi connectivity index (χ2v) is 8.30. The summed E-state index contributed by atoms with van der Waals surface area (Å²) in [4.78, 5) is 18.9. The molecule has 142 valence electrons. The van der Waals surface area contributed by atoms with E-state index in [0.29, 0.717) is 0 Å². The van der Waals surface area contributed by atoms with E-state index in [1.807, 2.05) is 36.1 Å². The molecule has 0 radical (unpaired) electrons. The Morgan fingerprint density at radius 3 is 2.86 bits per heavy atom. The van der Waals surface area contributed by atoms with Crippen LogP contribution in [0.1, 0.15) is 30.7 Å². The van der Waals surface area contributed by atoms with Crippen molar-refractivity contribution in [1.29, 1.82) is 0 Å². The molecule has 3 aromatic rings. The Bertz CT molecular complexity index is 994. The van der Waals surface area contributed by atoms with Crippen molar-refractivity contribution >= 4 is 23.2 Å². The van der Waals surface area contributed by atoms with Crippen LogP contribution in [0.2, 0.25) is 0 Å². The molecule has 3 unspecified atom stereocenters. The molecule has 7 heteroatoms. The highest BCUT2D eigenvalue weighted by atomic mass is 32.1. The number of para-hydroxylation sites is 1. The molecule has 5 rings (SSSR count). The Labute approximate surface area is 168 Å². The molecule has 1 aromatic carbocycles. The van der Waals surface area contributed by atoms with Crippen LogP contribution in [0, 0.1) is 0 Å². The fraction of sp³-hybridized carbons (Fsp3) is 0.333. The number of benzene rings is 1. The molecule has 2 aliphatic heterocycles. The zero-order chi connectivity index (χ0) is 19.0. The number of hydrogen-bond acceptors (Lipinski definition) is 7. The quantitative estimate of drug-likeness (QED) is 0.717. The van der Waals surface area contributed by atoms with Crippen molar-refractivity contribution in [3.05, 3.63) is 59.5 Å². The molecule has 0 spiro atoms. The molecule has 1 saturated heterocycles. The molecule has 28 heavy (non-hydrogen) atoms. The van der Waals surface area contributed by atoms with Gasteiger partial charge in [-0.2, -0.15) is 0 Å². The summed E-state index contributed by atoms with van der Waals surface area (Å²) < 4.78 is 0. The van der Waals surface area contributed by atoms with Crippen molar-refractivity contribution < 1.29 is 0 Å². The molecule has 1 fully saturated rings. The van der Waals surface area contributed by atoms with Crippen LogP contribution in [0.3, 0.4) is 0 Å². The molecule has 2 aromatic heterocycles. The molecule has 6 nitrogen and oxygen atoms in total. The first-order valence-electron chi connectivity index (χ1n) is 9.62. The number of rotatable bonds is 3. The molecule has 0 bridgehead atoms. The average Bonchev–Trinajstić information content (AvgIpc) is 3.29. The number of aromatic nitrogens is 3. The van der Waals surface area contributed by atoms with Crippen molar-refractivity contribution in [2.45, 2.75) is 36.8 Å². The third kappa shape index (κ3) is 2.87. The van der Waals surface area contributed by atoms with Crippen LogP contribution in [0.4, 0.5) is 5.69 Å². The van der Waals surface area contributed by atoms with E-state index in [-0.39, 0.29) is 17.5 Å². The molecule has 4 heterocycles. The maximum atomic E-state index is 6.16. The minimum atomic E-state index is -0.369. The van der Waals surface area contributed by atoms with E-state index in [4.69, 9.17) is 15.7 Å². The Kier molecular flexibility index (Phi) is 4.50. The summed E-state index contributed by atoms with van der Waals surface area (Å²) in [5.41, 5.74) is 8.84. The summed E-state index contributed by atoms with van der Waals surface area (Å²) in [7, 11) is 0. The van der Waals surface area contributed by atoms with Gasteiger partial charge in [0, 0.05) is 49.0 Å². The highest BCUT2D eigenvalue weighted by molar-refractivity contribution is 7.13. The van der Waals surface area contributed by atoms with E-state index in [2.05, 4.69) is 33.5 Å². The maximum absolute atomic E-state index is 6.16. The van der Waals surface area contributed by atoms with E-state index in [0.717, 1.165) is 48.0 Å². The van der Waals surface area contributed by atoms with Gasteiger partial charge < -0.3 is 11.1 Å². The third-order valence-electron chi connectivity index (χ3n) is 5.78. The molecule has 0 amide bonds. The Morgan fingerprint density at radius 1 is 1.11 bits per heavy atom. The van der Waals surface area contributed by atoms with Gasteiger partial charge in [-0.1, -0.05) is 18.2 Å². The molecule has 3 N–H and O–H groups in total. The van der Waals surface area contributed by atoms with Gasteiger partial charge in [-0.05, 0) is 30.5 Å². The third-order valence-corrected chi connectivity index (χ3v) is 6.58. The van der Waals surface area contributed by atoms with Crippen molar-refractivity contribution in [3.8, 4) is 10.7 Å². The molecule has 0 aliphatic carbocycles. The largest absolute Gasteiger partial charge is 0.327 e. The molecular weight excluding hydrogens is 368 g/mol. The smallest absolute Gasteiger partial charge is 0.141 e. The van der Waals surface area contributed by atoms with Crippen LogP contribution in [0.5, 0.6) is 0 Å². The zero-order valence-electron chi connectivity index (χ0n) is 15.5. The van der Waals surface area contributed by atoms with Crippen LogP contribution < -0.4 is 11.1 Å². The minimum Gasteiger partial charge on any atom is -0.327 e. The average molecular weight is 391 g/mol. The number of nitrogens with zero attached hydrogens (tertiary/aromatic N) is 4. The van der Waals surface area contributed by atoms with E-state index in [1.165, 1.54) is 5.56 Å². The topological polar surface area (TPSA) is 89.1 Å². The number of piperidine rings is 1. The fourth-order valence-electron chi connectivity index (χ4n) is 4.40. The van der Waals surface area contributed by atoms with Crippen LogP contribution in [-0.4, -0.2) is 39.8 Å². The van der Waals surface area contributed by atoms with E-state index < -0.39 is 0 Å². The van der Waals surface area contributed by atoms with Gasteiger partial charge in [-0.15, -0.1) is 11.3 Å². The van der Waals surface area contributed by atoms with Crippen LogP contribution in [0.15, 0.2) is 53.1 Å². The summed E-state index contributed by atoms with van der Waals surface area (Å²) >= 11 is 1.59. The lowest BCUT2D eigenvalue weighted by Gasteiger charge is -2.44. The van der Waals surface area contributed by atoms with Gasteiger partial charge in [-0.3, -0.25) is 4.99 Å². The SMILES string of the molecule is NC1CCC(C2(c3nccc(-c4nccs4)n3)CC=Nc3ccccc32)NC1.